The van der Waals surface area contributed by atoms with Crippen LogP contribution in [0.1, 0.15) is 11.6 Å². The van der Waals surface area contributed by atoms with Crippen LogP contribution < -0.4 is 5.32 Å². The molecule has 4 heteroatoms. The van der Waals surface area contributed by atoms with Gasteiger partial charge in [-0.15, -0.1) is 11.8 Å². The van der Waals surface area contributed by atoms with Crippen molar-refractivity contribution >= 4 is 45.0 Å². The van der Waals surface area contributed by atoms with E-state index >= 15 is 0 Å². The van der Waals surface area contributed by atoms with Crippen LogP contribution in [0.4, 0.5) is 5.69 Å². The van der Waals surface area contributed by atoms with Crippen molar-refractivity contribution in [2.24, 2.45) is 0 Å². The quantitative estimate of drug-likeness (QED) is 0.789. The number of anilines is 1. The summed E-state index contributed by atoms with van der Waals surface area (Å²) in [5, 5.41) is 4.31. The van der Waals surface area contributed by atoms with E-state index in [0.717, 1.165) is 20.9 Å². The van der Waals surface area contributed by atoms with Gasteiger partial charge >= 0.3 is 0 Å². The fourth-order valence-electron chi connectivity index (χ4n) is 2.08. The molecule has 92 valence electrons. The van der Waals surface area contributed by atoms with Crippen LogP contribution >= 0.6 is 39.3 Å². The van der Waals surface area contributed by atoms with Crippen LogP contribution in [0.15, 0.2) is 51.8 Å². The van der Waals surface area contributed by atoms with Gasteiger partial charge in [0.2, 0.25) is 0 Å². The molecule has 2 aromatic carbocycles. The summed E-state index contributed by atoms with van der Waals surface area (Å²) < 4.78 is 1.00. The maximum atomic E-state index is 5.95. The lowest BCUT2D eigenvalue weighted by atomic mass is 10.1. The minimum Gasteiger partial charge on any atom is -0.376 e. The minimum absolute atomic E-state index is 0.365. The Morgan fingerprint density at radius 2 is 2.06 bits per heavy atom. The van der Waals surface area contributed by atoms with E-state index in [1.54, 1.807) is 0 Å². The molecule has 1 N–H and O–H groups in total. The lowest BCUT2D eigenvalue weighted by Gasteiger charge is -2.16. The highest BCUT2D eigenvalue weighted by atomic mass is 79.9. The summed E-state index contributed by atoms with van der Waals surface area (Å²) in [5.41, 5.74) is 2.46. The Hall–Kier alpha value is -0.640. The number of benzene rings is 2. The van der Waals surface area contributed by atoms with Crippen molar-refractivity contribution in [1.29, 1.82) is 0 Å². The first-order valence-electron chi connectivity index (χ1n) is 5.67. The molecule has 2 aromatic rings. The first kappa shape index (κ1) is 12.4. The normalized spacial score (nSPS) is 17.6. The third-order valence-corrected chi connectivity index (χ3v) is 5.03. The van der Waals surface area contributed by atoms with Gasteiger partial charge in [0, 0.05) is 25.8 Å². The van der Waals surface area contributed by atoms with E-state index in [1.165, 1.54) is 10.5 Å². The van der Waals surface area contributed by atoms with E-state index < -0.39 is 0 Å². The number of fused-ring (bicyclic) bond motifs is 1. The van der Waals surface area contributed by atoms with E-state index in [2.05, 4.69) is 45.5 Å². The van der Waals surface area contributed by atoms with Gasteiger partial charge < -0.3 is 5.32 Å². The molecule has 18 heavy (non-hydrogen) atoms. The van der Waals surface area contributed by atoms with E-state index in [1.807, 2.05) is 30.0 Å². The highest BCUT2D eigenvalue weighted by molar-refractivity contribution is 9.10. The fourth-order valence-corrected chi connectivity index (χ4v) is 4.03. The zero-order valence-corrected chi connectivity index (χ0v) is 12.6. The average molecular weight is 341 g/mol. The molecule has 1 atom stereocenters. The number of hydrogen-bond donors (Lipinski definition) is 1. The lowest BCUT2D eigenvalue weighted by Crippen LogP contribution is -2.09. The molecule has 0 aliphatic carbocycles. The molecule has 0 radical (unpaired) electrons. The molecule has 0 spiro atoms. The van der Waals surface area contributed by atoms with Crippen LogP contribution in [-0.4, -0.2) is 5.75 Å². The average Bonchev–Trinajstić information content (AvgIpc) is 2.76. The minimum atomic E-state index is 0.365. The summed E-state index contributed by atoms with van der Waals surface area (Å²) >= 11 is 11.4. The molecule has 0 saturated heterocycles. The Morgan fingerprint density at radius 3 is 2.89 bits per heavy atom. The van der Waals surface area contributed by atoms with Crippen LogP contribution in [0.5, 0.6) is 0 Å². The zero-order chi connectivity index (χ0) is 12.5. The van der Waals surface area contributed by atoms with Crippen molar-refractivity contribution < 1.29 is 0 Å². The van der Waals surface area contributed by atoms with Crippen LogP contribution in [0.2, 0.25) is 5.02 Å². The van der Waals surface area contributed by atoms with Gasteiger partial charge in [0.1, 0.15) is 0 Å². The Morgan fingerprint density at radius 1 is 1.22 bits per heavy atom. The van der Waals surface area contributed by atoms with E-state index in [-0.39, 0.29) is 0 Å². The third kappa shape index (κ3) is 2.40. The number of rotatable bonds is 2. The largest absolute Gasteiger partial charge is 0.376 e. The Balaban J connectivity index is 1.86. The molecule has 1 aliphatic heterocycles. The second kappa shape index (κ2) is 5.16. The highest BCUT2D eigenvalue weighted by Crippen LogP contribution is 2.40. The van der Waals surface area contributed by atoms with E-state index in [9.17, 15) is 0 Å². The monoisotopic (exact) mass is 339 g/mol. The van der Waals surface area contributed by atoms with Crippen LogP contribution in [-0.2, 0) is 0 Å². The summed E-state index contributed by atoms with van der Waals surface area (Å²) in [7, 11) is 0. The summed E-state index contributed by atoms with van der Waals surface area (Å²) in [6.07, 6.45) is 0. The van der Waals surface area contributed by atoms with Crippen LogP contribution in [0.25, 0.3) is 0 Å². The number of nitrogens with one attached hydrogen (secondary N) is 1. The van der Waals surface area contributed by atoms with Gasteiger partial charge in [-0.2, -0.15) is 0 Å². The van der Waals surface area contributed by atoms with Gasteiger partial charge in [0.05, 0.1) is 6.04 Å². The third-order valence-electron chi connectivity index (χ3n) is 2.96. The Bertz CT molecular complexity index is 588. The number of halogens is 2. The number of thioether (sulfide) groups is 1. The molecule has 0 fully saturated rings. The van der Waals surface area contributed by atoms with Crippen molar-refractivity contribution in [3.63, 3.8) is 0 Å². The zero-order valence-electron chi connectivity index (χ0n) is 9.49. The van der Waals surface area contributed by atoms with Gasteiger partial charge in [-0.3, -0.25) is 0 Å². The first-order valence-corrected chi connectivity index (χ1v) is 7.83. The molecule has 1 heterocycles. The predicted octanol–water partition coefficient (Wildman–Crippen LogP) is 5.36. The fraction of sp³-hybridized carbons (Fsp3) is 0.143. The molecular weight excluding hydrogens is 330 g/mol. The molecule has 1 unspecified atom stereocenters. The molecular formula is C14H11BrClNS. The summed E-state index contributed by atoms with van der Waals surface area (Å²) in [6, 6.07) is 14.8. The molecule has 0 bridgehead atoms. The van der Waals surface area contributed by atoms with Crippen molar-refractivity contribution in [2.75, 3.05) is 11.1 Å². The topological polar surface area (TPSA) is 12.0 Å². The molecule has 0 aromatic heterocycles. The highest BCUT2D eigenvalue weighted by Gasteiger charge is 2.22. The summed E-state index contributed by atoms with van der Waals surface area (Å²) in [6.45, 7) is 0. The molecule has 0 saturated carbocycles. The molecule has 3 rings (SSSR count). The van der Waals surface area contributed by atoms with Gasteiger partial charge in [-0.25, -0.2) is 0 Å². The lowest BCUT2D eigenvalue weighted by molar-refractivity contribution is 0.899. The Kier molecular flexibility index (Phi) is 3.55. The second-order valence-electron chi connectivity index (χ2n) is 4.17. The van der Waals surface area contributed by atoms with Gasteiger partial charge in [0.25, 0.3) is 0 Å². The van der Waals surface area contributed by atoms with Gasteiger partial charge in [-0.05, 0) is 45.8 Å². The molecule has 0 amide bonds. The molecule has 1 nitrogen and oxygen atoms in total. The van der Waals surface area contributed by atoms with Crippen LogP contribution in [0, 0.1) is 0 Å². The smallest absolute Gasteiger partial charge is 0.0619 e. The number of hydrogen-bond acceptors (Lipinski definition) is 2. The summed E-state index contributed by atoms with van der Waals surface area (Å²) in [5.74, 6) is 1.06. The molecule has 1 aliphatic rings. The van der Waals surface area contributed by atoms with E-state index in [0.29, 0.717) is 6.04 Å². The van der Waals surface area contributed by atoms with E-state index in [4.69, 9.17) is 11.6 Å². The van der Waals surface area contributed by atoms with Crippen molar-refractivity contribution in [1.82, 2.24) is 0 Å². The van der Waals surface area contributed by atoms with Gasteiger partial charge in [-0.1, -0.05) is 29.8 Å². The maximum absolute atomic E-state index is 5.95. The van der Waals surface area contributed by atoms with Crippen molar-refractivity contribution in [2.45, 2.75) is 10.9 Å². The van der Waals surface area contributed by atoms with Crippen molar-refractivity contribution in [3.8, 4) is 0 Å². The Labute approximate surface area is 124 Å². The second-order valence-corrected chi connectivity index (χ2v) is 6.52. The maximum Gasteiger partial charge on any atom is 0.0619 e. The predicted molar refractivity (Wildman–Crippen MR) is 82.7 cm³/mol. The first-order chi connectivity index (χ1) is 8.74. The van der Waals surface area contributed by atoms with Crippen LogP contribution in [0.3, 0.4) is 0 Å². The standard InChI is InChI=1S/C14H11BrClNS/c15-11-7-9(16)5-6-12(11)17-13-8-18-14-4-2-1-3-10(13)14/h1-7,13,17H,8H2. The van der Waals surface area contributed by atoms with Crippen molar-refractivity contribution in [3.05, 3.63) is 57.5 Å². The van der Waals surface area contributed by atoms with Gasteiger partial charge in [0.15, 0.2) is 0 Å². The summed E-state index contributed by atoms with van der Waals surface area (Å²) in [4.78, 5) is 1.38. The SMILES string of the molecule is Clc1ccc(NC2CSc3ccccc32)c(Br)c1.